The molecule has 5 heteroatoms. The maximum Gasteiger partial charge on any atom is 0.179 e. The predicted molar refractivity (Wildman–Crippen MR) is 86.1 cm³/mol. The molecule has 0 radical (unpaired) electrons. The Morgan fingerprint density at radius 1 is 1.35 bits per heavy atom. The van der Waals surface area contributed by atoms with Crippen LogP contribution in [0.15, 0.2) is 35.2 Å². The molecule has 20 heavy (non-hydrogen) atoms. The van der Waals surface area contributed by atoms with Crippen LogP contribution in [0.2, 0.25) is 0 Å². The van der Waals surface area contributed by atoms with Crippen molar-refractivity contribution in [3.05, 3.63) is 30.3 Å². The van der Waals surface area contributed by atoms with Crippen LogP contribution in [-0.2, 0) is 9.84 Å². The summed E-state index contributed by atoms with van der Waals surface area (Å²) in [6.07, 6.45) is 3.23. The molecular weight excluding hydrogens is 290 g/mol. The highest BCUT2D eigenvalue weighted by Crippen LogP contribution is 2.19. The largest absolute Gasteiger partial charge is 0.309 e. The van der Waals surface area contributed by atoms with Crippen molar-refractivity contribution >= 4 is 21.6 Å². The lowest BCUT2D eigenvalue weighted by Gasteiger charge is -2.27. The molecule has 0 amide bonds. The van der Waals surface area contributed by atoms with E-state index >= 15 is 0 Å². The molecule has 0 unspecified atom stereocenters. The Morgan fingerprint density at radius 3 is 2.70 bits per heavy atom. The van der Waals surface area contributed by atoms with Crippen LogP contribution in [-0.4, -0.2) is 37.8 Å². The van der Waals surface area contributed by atoms with Crippen LogP contribution in [0.5, 0.6) is 0 Å². The first-order valence-electron chi connectivity index (χ1n) is 7.23. The normalized spacial score (nSPS) is 21.6. The second-order valence-corrected chi connectivity index (χ2v) is 8.46. The van der Waals surface area contributed by atoms with Gasteiger partial charge in [0, 0.05) is 17.8 Å². The van der Waals surface area contributed by atoms with E-state index in [1.54, 1.807) is 24.3 Å². The van der Waals surface area contributed by atoms with Crippen molar-refractivity contribution in [3.63, 3.8) is 0 Å². The summed E-state index contributed by atoms with van der Waals surface area (Å²) in [6.45, 7) is 2.05. The summed E-state index contributed by atoms with van der Waals surface area (Å²) in [5.41, 5.74) is 0. The van der Waals surface area contributed by atoms with Gasteiger partial charge in [-0.15, -0.1) is 0 Å². The molecule has 2 atom stereocenters. The molecule has 1 fully saturated rings. The number of hydrogen-bond donors (Lipinski definition) is 1. The van der Waals surface area contributed by atoms with Crippen LogP contribution >= 0.6 is 11.8 Å². The first kappa shape index (κ1) is 15.9. The number of hydrogen-bond acceptors (Lipinski definition) is 4. The molecule has 0 saturated carbocycles. The van der Waals surface area contributed by atoms with Crippen LogP contribution in [0.1, 0.15) is 26.2 Å². The van der Waals surface area contributed by atoms with E-state index < -0.39 is 9.84 Å². The molecule has 0 bridgehead atoms. The highest BCUT2D eigenvalue weighted by Gasteiger charge is 2.23. The van der Waals surface area contributed by atoms with E-state index in [4.69, 9.17) is 0 Å². The summed E-state index contributed by atoms with van der Waals surface area (Å²) in [4.78, 5) is 0.429. The van der Waals surface area contributed by atoms with E-state index in [0.29, 0.717) is 10.9 Å². The fourth-order valence-electron chi connectivity index (χ4n) is 2.48. The van der Waals surface area contributed by atoms with Crippen LogP contribution in [0.25, 0.3) is 0 Å². The maximum atomic E-state index is 12.4. The van der Waals surface area contributed by atoms with Crippen molar-refractivity contribution in [2.45, 2.75) is 43.2 Å². The Hall–Kier alpha value is -0.520. The molecular formula is C15H23NO2S2. The van der Waals surface area contributed by atoms with Gasteiger partial charge in [0.1, 0.15) is 0 Å². The van der Waals surface area contributed by atoms with Gasteiger partial charge in [-0.2, -0.15) is 11.8 Å². The third-order valence-corrected chi connectivity index (χ3v) is 6.69. The molecule has 1 aromatic rings. The Kier molecular flexibility index (Phi) is 5.93. The topological polar surface area (TPSA) is 46.2 Å². The Balaban J connectivity index is 1.98. The van der Waals surface area contributed by atoms with Gasteiger partial charge in [0.25, 0.3) is 0 Å². The van der Waals surface area contributed by atoms with E-state index in [0.717, 1.165) is 18.6 Å². The van der Waals surface area contributed by atoms with Crippen molar-refractivity contribution in [2.24, 2.45) is 0 Å². The van der Waals surface area contributed by atoms with Gasteiger partial charge < -0.3 is 5.32 Å². The standard InChI is InChI=1S/C15H23NO2S2/c1-2-13(16-14-7-6-10-19-11-14)12-20(17,18)15-8-4-3-5-9-15/h3-5,8-9,13-14,16H,2,6-7,10-12H2,1H3/t13-,14-/m0/s1. The lowest BCUT2D eigenvalue weighted by molar-refractivity contribution is 0.434. The van der Waals surface area contributed by atoms with Crippen molar-refractivity contribution in [2.75, 3.05) is 17.3 Å². The lowest BCUT2D eigenvalue weighted by Crippen LogP contribution is -2.44. The van der Waals surface area contributed by atoms with E-state index in [1.165, 1.54) is 12.2 Å². The average molecular weight is 313 g/mol. The van der Waals surface area contributed by atoms with Gasteiger partial charge in [-0.25, -0.2) is 8.42 Å². The first-order chi connectivity index (χ1) is 9.62. The average Bonchev–Trinajstić information content (AvgIpc) is 2.48. The fourth-order valence-corrected chi connectivity index (χ4v) is 5.19. The van der Waals surface area contributed by atoms with E-state index in [-0.39, 0.29) is 11.8 Å². The Labute approximate surface area is 126 Å². The quantitative estimate of drug-likeness (QED) is 0.877. The fraction of sp³-hybridized carbons (Fsp3) is 0.600. The molecule has 112 valence electrons. The molecule has 1 aliphatic heterocycles. The molecule has 1 aliphatic rings. The predicted octanol–water partition coefficient (Wildman–Crippen LogP) is 2.72. The summed E-state index contributed by atoms with van der Waals surface area (Å²) in [6, 6.07) is 9.26. The summed E-state index contributed by atoms with van der Waals surface area (Å²) in [7, 11) is -3.19. The smallest absolute Gasteiger partial charge is 0.179 e. The second kappa shape index (κ2) is 7.48. The summed E-state index contributed by atoms with van der Waals surface area (Å²) >= 11 is 1.96. The maximum absolute atomic E-state index is 12.4. The van der Waals surface area contributed by atoms with Crippen LogP contribution < -0.4 is 5.32 Å². The molecule has 1 aromatic carbocycles. The number of benzene rings is 1. The van der Waals surface area contributed by atoms with Gasteiger partial charge in [-0.1, -0.05) is 25.1 Å². The van der Waals surface area contributed by atoms with E-state index in [2.05, 4.69) is 5.32 Å². The SMILES string of the molecule is CC[C@@H](CS(=O)(=O)c1ccccc1)N[C@H]1CCCSC1. The number of sulfone groups is 1. The minimum Gasteiger partial charge on any atom is -0.309 e. The first-order valence-corrected chi connectivity index (χ1v) is 10.0. The molecule has 3 nitrogen and oxygen atoms in total. The zero-order valence-corrected chi connectivity index (χ0v) is 13.6. The molecule has 0 aliphatic carbocycles. The highest BCUT2D eigenvalue weighted by atomic mass is 32.2. The number of thioether (sulfide) groups is 1. The highest BCUT2D eigenvalue weighted by molar-refractivity contribution is 7.99. The van der Waals surface area contributed by atoms with Gasteiger partial charge in [0.05, 0.1) is 10.6 Å². The Morgan fingerprint density at radius 2 is 2.10 bits per heavy atom. The molecule has 1 N–H and O–H groups in total. The summed E-state index contributed by atoms with van der Waals surface area (Å²) in [5.74, 6) is 2.52. The van der Waals surface area contributed by atoms with Gasteiger partial charge in [0.2, 0.25) is 0 Å². The Bertz CT molecular complexity index is 496. The van der Waals surface area contributed by atoms with Crippen LogP contribution in [0.3, 0.4) is 0 Å². The van der Waals surface area contributed by atoms with Crippen molar-refractivity contribution in [1.29, 1.82) is 0 Å². The lowest BCUT2D eigenvalue weighted by atomic mass is 10.1. The van der Waals surface area contributed by atoms with Gasteiger partial charge in [-0.05, 0) is 37.1 Å². The second-order valence-electron chi connectivity index (χ2n) is 5.28. The van der Waals surface area contributed by atoms with Crippen molar-refractivity contribution in [1.82, 2.24) is 5.32 Å². The third-order valence-electron chi connectivity index (χ3n) is 3.65. The molecule has 0 spiro atoms. The summed E-state index contributed by atoms with van der Waals surface area (Å²) < 4.78 is 24.8. The van der Waals surface area contributed by atoms with Crippen LogP contribution in [0, 0.1) is 0 Å². The minimum absolute atomic E-state index is 0.0453. The molecule has 1 heterocycles. The minimum atomic E-state index is -3.19. The zero-order chi connectivity index (χ0) is 14.4. The van der Waals surface area contributed by atoms with Crippen LogP contribution in [0.4, 0.5) is 0 Å². The molecule has 2 rings (SSSR count). The van der Waals surface area contributed by atoms with E-state index in [9.17, 15) is 8.42 Å². The van der Waals surface area contributed by atoms with Crippen molar-refractivity contribution < 1.29 is 8.42 Å². The number of rotatable bonds is 6. The monoisotopic (exact) mass is 313 g/mol. The zero-order valence-electron chi connectivity index (χ0n) is 11.9. The van der Waals surface area contributed by atoms with Gasteiger partial charge in [-0.3, -0.25) is 0 Å². The van der Waals surface area contributed by atoms with E-state index in [1.807, 2.05) is 24.8 Å². The van der Waals surface area contributed by atoms with Gasteiger partial charge in [0.15, 0.2) is 9.84 Å². The van der Waals surface area contributed by atoms with Gasteiger partial charge >= 0.3 is 0 Å². The third kappa shape index (κ3) is 4.50. The number of nitrogens with one attached hydrogen (secondary N) is 1. The molecule has 0 aromatic heterocycles. The van der Waals surface area contributed by atoms with Crippen molar-refractivity contribution in [3.8, 4) is 0 Å². The summed E-state index contributed by atoms with van der Waals surface area (Å²) in [5, 5.41) is 3.53. The molecule has 1 saturated heterocycles.